The highest BCUT2D eigenvalue weighted by atomic mass is 15.1. The van der Waals surface area contributed by atoms with Crippen LogP contribution in [0.25, 0.3) is 0 Å². The molecular formula is C11H18N4. The summed E-state index contributed by atoms with van der Waals surface area (Å²) in [5, 5.41) is 3.38. The van der Waals surface area contributed by atoms with E-state index in [1.54, 1.807) is 0 Å². The second kappa shape index (κ2) is 4.57. The van der Waals surface area contributed by atoms with Gasteiger partial charge in [0.25, 0.3) is 0 Å². The number of aryl methyl sites for hydroxylation is 1. The average Bonchev–Trinajstić information content (AvgIpc) is 2.25. The Kier molecular flexibility index (Phi) is 3.16. The summed E-state index contributed by atoms with van der Waals surface area (Å²) < 4.78 is 0. The summed E-state index contributed by atoms with van der Waals surface area (Å²) in [4.78, 5) is 10.9. The van der Waals surface area contributed by atoms with Crippen molar-refractivity contribution in [2.24, 2.45) is 0 Å². The Morgan fingerprint density at radius 3 is 2.47 bits per heavy atom. The smallest absolute Gasteiger partial charge is 0.222 e. The van der Waals surface area contributed by atoms with Gasteiger partial charge in [-0.15, -0.1) is 0 Å². The molecule has 0 unspecified atom stereocenters. The summed E-state index contributed by atoms with van der Waals surface area (Å²) in [7, 11) is 2.17. The van der Waals surface area contributed by atoms with Crippen LogP contribution in [0.1, 0.15) is 18.4 Å². The fourth-order valence-electron chi connectivity index (χ4n) is 1.80. The molecule has 0 radical (unpaired) electrons. The standard InChI is InChI=1S/C11H18N4/c1-9-7-12-11(13-8-9)14-10-3-5-15(2)6-4-10/h7-8,10H,3-6H2,1-2H3,(H,12,13,14). The first kappa shape index (κ1) is 10.4. The van der Waals surface area contributed by atoms with Crippen molar-refractivity contribution in [2.75, 3.05) is 25.5 Å². The molecule has 0 atom stereocenters. The van der Waals surface area contributed by atoms with E-state index in [0.29, 0.717) is 6.04 Å². The average molecular weight is 206 g/mol. The van der Waals surface area contributed by atoms with E-state index in [9.17, 15) is 0 Å². The molecule has 2 rings (SSSR count). The lowest BCUT2D eigenvalue weighted by Crippen LogP contribution is -2.37. The largest absolute Gasteiger partial charge is 0.351 e. The first-order valence-corrected chi connectivity index (χ1v) is 5.48. The third-order valence-electron chi connectivity index (χ3n) is 2.83. The summed E-state index contributed by atoms with van der Waals surface area (Å²) >= 11 is 0. The van der Waals surface area contributed by atoms with Crippen molar-refractivity contribution in [3.63, 3.8) is 0 Å². The van der Waals surface area contributed by atoms with Gasteiger partial charge in [0.05, 0.1) is 0 Å². The number of hydrogen-bond acceptors (Lipinski definition) is 4. The van der Waals surface area contributed by atoms with Gasteiger partial charge >= 0.3 is 0 Å². The van der Waals surface area contributed by atoms with E-state index < -0.39 is 0 Å². The lowest BCUT2D eigenvalue weighted by molar-refractivity contribution is 0.263. The first-order valence-electron chi connectivity index (χ1n) is 5.48. The predicted octanol–water partition coefficient (Wildman–Crippen LogP) is 1.29. The topological polar surface area (TPSA) is 41.1 Å². The third kappa shape index (κ3) is 2.89. The highest BCUT2D eigenvalue weighted by molar-refractivity contribution is 5.26. The number of piperidine rings is 1. The number of anilines is 1. The van der Waals surface area contributed by atoms with E-state index in [4.69, 9.17) is 0 Å². The molecule has 1 N–H and O–H groups in total. The van der Waals surface area contributed by atoms with Gasteiger partial charge in [-0.05, 0) is 45.5 Å². The summed E-state index contributed by atoms with van der Waals surface area (Å²) in [5.74, 6) is 0.759. The quantitative estimate of drug-likeness (QED) is 0.791. The maximum Gasteiger partial charge on any atom is 0.222 e. The van der Waals surface area contributed by atoms with Crippen LogP contribution in [0.2, 0.25) is 0 Å². The van der Waals surface area contributed by atoms with Gasteiger partial charge in [-0.1, -0.05) is 0 Å². The van der Waals surface area contributed by atoms with E-state index in [1.807, 2.05) is 19.3 Å². The molecule has 1 aliphatic heterocycles. The number of hydrogen-bond donors (Lipinski definition) is 1. The summed E-state index contributed by atoms with van der Waals surface area (Å²) in [6.07, 6.45) is 6.05. The molecule has 0 amide bonds. The van der Waals surface area contributed by atoms with Gasteiger partial charge < -0.3 is 10.2 Å². The van der Waals surface area contributed by atoms with Crippen LogP contribution in [0.4, 0.5) is 5.95 Å². The zero-order chi connectivity index (χ0) is 10.7. The van der Waals surface area contributed by atoms with Crippen LogP contribution in [0, 0.1) is 6.92 Å². The fraction of sp³-hybridized carbons (Fsp3) is 0.636. The molecule has 1 aromatic heterocycles. The van der Waals surface area contributed by atoms with Gasteiger partial charge in [-0.2, -0.15) is 0 Å². The second-order valence-corrected chi connectivity index (χ2v) is 4.31. The Hall–Kier alpha value is -1.16. The number of likely N-dealkylation sites (tertiary alicyclic amines) is 1. The molecule has 4 nitrogen and oxygen atoms in total. The third-order valence-corrected chi connectivity index (χ3v) is 2.83. The molecule has 1 saturated heterocycles. The number of nitrogens with one attached hydrogen (secondary N) is 1. The van der Waals surface area contributed by atoms with Gasteiger partial charge in [0, 0.05) is 18.4 Å². The zero-order valence-corrected chi connectivity index (χ0v) is 9.40. The number of rotatable bonds is 2. The molecule has 2 heterocycles. The maximum absolute atomic E-state index is 4.26. The van der Waals surface area contributed by atoms with E-state index in [1.165, 1.54) is 12.8 Å². The Bertz CT molecular complexity index is 301. The van der Waals surface area contributed by atoms with Crippen LogP contribution in [0.3, 0.4) is 0 Å². The maximum atomic E-state index is 4.26. The van der Waals surface area contributed by atoms with Gasteiger partial charge in [-0.25, -0.2) is 9.97 Å². The highest BCUT2D eigenvalue weighted by Crippen LogP contribution is 2.12. The minimum Gasteiger partial charge on any atom is -0.351 e. The Balaban J connectivity index is 1.89. The molecule has 0 aromatic carbocycles. The van der Waals surface area contributed by atoms with Gasteiger partial charge in [0.2, 0.25) is 5.95 Å². The summed E-state index contributed by atoms with van der Waals surface area (Å²) in [6.45, 7) is 4.31. The fourth-order valence-corrected chi connectivity index (χ4v) is 1.80. The highest BCUT2D eigenvalue weighted by Gasteiger charge is 2.16. The van der Waals surface area contributed by atoms with Gasteiger partial charge in [0.15, 0.2) is 0 Å². The minimum atomic E-state index is 0.531. The van der Waals surface area contributed by atoms with Crippen molar-refractivity contribution < 1.29 is 0 Å². The molecule has 0 spiro atoms. The van der Waals surface area contributed by atoms with Crippen molar-refractivity contribution in [2.45, 2.75) is 25.8 Å². The Morgan fingerprint density at radius 2 is 1.87 bits per heavy atom. The first-order chi connectivity index (χ1) is 7.24. The van der Waals surface area contributed by atoms with Crippen molar-refractivity contribution in [1.82, 2.24) is 14.9 Å². The molecule has 1 aromatic rings. The van der Waals surface area contributed by atoms with Crippen LogP contribution in [-0.2, 0) is 0 Å². The number of aromatic nitrogens is 2. The molecule has 1 fully saturated rings. The lowest BCUT2D eigenvalue weighted by atomic mass is 10.1. The van der Waals surface area contributed by atoms with Crippen molar-refractivity contribution in [3.8, 4) is 0 Å². The molecule has 1 aliphatic rings. The van der Waals surface area contributed by atoms with Crippen LogP contribution < -0.4 is 5.32 Å². The normalized spacial score (nSPS) is 19.1. The van der Waals surface area contributed by atoms with Crippen molar-refractivity contribution >= 4 is 5.95 Å². The van der Waals surface area contributed by atoms with E-state index in [-0.39, 0.29) is 0 Å². The predicted molar refractivity (Wildman–Crippen MR) is 60.9 cm³/mol. The van der Waals surface area contributed by atoms with Crippen LogP contribution in [-0.4, -0.2) is 41.0 Å². The summed E-state index contributed by atoms with van der Waals surface area (Å²) in [5.41, 5.74) is 1.10. The summed E-state index contributed by atoms with van der Waals surface area (Å²) in [6, 6.07) is 0.531. The molecule has 4 heteroatoms. The monoisotopic (exact) mass is 206 g/mol. The Labute approximate surface area is 90.7 Å². The van der Waals surface area contributed by atoms with Crippen LogP contribution in [0.15, 0.2) is 12.4 Å². The van der Waals surface area contributed by atoms with Crippen molar-refractivity contribution in [1.29, 1.82) is 0 Å². The molecule has 15 heavy (non-hydrogen) atoms. The van der Waals surface area contributed by atoms with E-state index >= 15 is 0 Å². The van der Waals surface area contributed by atoms with Crippen LogP contribution >= 0.6 is 0 Å². The molecular weight excluding hydrogens is 188 g/mol. The van der Waals surface area contributed by atoms with Gasteiger partial charge in [-0.3, -0.25) is 0 Å². The van der Waals surface area contributed by atoms with Crippen molar-refractivity contribution in [3.05, 3.63) is 18.0 Å². The molecule has 0 bridgehead atoms. The van der Waals surface area contributed by atoms with Crippen LogP contribution in [0.5, 0.6) is 0 Å². The zero-order valence-electron chi connectivity index (χ0n) is 9.40. The SMILES string of the molecule is Cc1cnc(NC2CCN(C)CC2)nc1. The number of nitrogens with zero attached hydrogens (tertiary/aromatic N) is 3. The molecule has 0 saturated carbocycles. The van der Waals surface area contributed by atoms with Gasteiger partial charge in [0.1, 0.15) is 0 Å². The molecule has 82 valence electrons. The lowest BCUT2D eigenvalue weighted by Gasteiger charge is -2.29. The van der Waals surface area contributed by atoms with E-state index in [2.05, 4.69) is 27.2 Å². The Morgan fingerprint density at radius 1 is 1.27 bits per heavy atom. The second-order valence-electron chi connectivity index (χ2n) is 4.31. The molecule has 0 aliphatic carbocycles. The minimum absolute atomic E-state index is 0.531. The van der Waals surface area contributed by atoms with E-state index in [0.717, 1.165) is 24.6 Å².